The summed E-state index contributed by atoms with van der Waals surface area (Å²) >= 11 is 2.98. The van der Waals surface area contributed by atoms with Gasteiger partial charge in [0.15, 0.2) is 5.78 Å². The molecule has 0 fully saturated rings. The number of hydrogen-bond acceptors (Lipinski definition) is 4. The van der Waals surface area contributed by atoms with Crippen LogP contribution >= 0.6 is 15.9 Å². The zero-order chi connectivity index (χ0) is 10.6. The Bertz CT molecular complexity index is 210. The molecule has 0 heterocycles. The molecule has 0 radical (unpaired) electrons. The molecule has 2 unspecified atom stereocenters. The van der Waals surface area contributed by atoms with Crippen molar-refractivity contribution in [1.82, 2.24) is 0 Å². The van der Waals surface area contributed by atoms with Gasteiger partial charge in [-0.05, 0) is 20.8 Å². The first kappa shape index (κ1) is 12.6. The van der Waals surface area contributed by atoms with Crippen molar-refractivity contribution in [2.24, 2.45) is 0 Å². The van der Waals surface area contributed by atoms with E-state index in [4.69, 9.17) is 0 Å². The van der Waals surface area contributed by atoms with Crippen LogP contribution in [-0.2, 0) is 14.3 Å². The summed E-state index contributed by atoms with van der Waals surface area (Å²) < 4.78 is 4.55. The van der Waals surface area contributed by atoms with Gasteiger partial charge in [-0.1, -0.05) is 15.9 Å². The number of hydrogen-bond donors (Lipinski definition) is 1. The van der Waals surface area contributed by atoms with E-state index in [-0.39, 0.29) is 6.61 Å². The van der Waals surface area contributed by atoms with Gasteiger partial charge < -0.3 is 9.84 Å². The van der Waals surface area contributed by atoms with Crippen molar-refractivity contribution in [3.8, 4) is 0 Å². The molecule has 4 nitrogen and oxygen atoms in total. The maximum atomic E-state index is 11.3. The van der Waals surface area contributed by atoms with Crippen molar-refractivity contribution >= 4 is 27.7 Å². The van der Waals surface area contributed by atoms with Crippen LogP contribution in [-0.4, -0.2) is 33.9 Å². The predicted octanol–water partition coefficient (Wildman–Crippen LogP) is 0.653. The van der Waals surface area contributed by atoms with Crippen LogP contribution in [0.25, 0.3) is 0 Å². The van der Waals surface area contributed by atoms with Crippen LogP contribution in [0, 0.1) is 0 Å². The minimum Gasteiger partial charge on any atom is -0.464 e. The van der Waals surface area contributed by atoms with Gasteiger partial charge in [0.2, 0.25) is 5.60 Å². The molecule has 0 bridgehead atoms. The first-order valence-electron chi connectivity index (χ1n) is 3.92. The Morgan fingerprint density at radius 1 is 1.62 bits per heavy atom. The highest BCUT2D eigenvalue weighted by molar-refractivity contribution is 9.10. The average Bonchev–Trinajstić information content (AvgIpc) is 2.03. The number of ether oxygens (including phenoxy) is 1. The Morgan fingerprint density at radius 3 is 2.38 bits per heavy atom. The normalized spacial score (nSPS) is 17.3. The molecular formula is C8H13BrO4. The first-order valence-corrected chi connectivity index (χ1v) is 4.83. The largest absolute Gasteiger partial charge is 0.464 e. The monoisotopic (exact) mass is 252 g/mol. The fourth-order valence-corrected chi connectivity index (χ4v) is 1.21. The van der Waals surface area contributed by atoms with Crippen molar-refractivity contribution in [1.29, 1.82) is 0 Å². The molecule has 0 aliphatic heterocycles. The van der Waals surface area contributed by atoms with E-state index in [2.05, 4.69) is 20.7 Å². The third-order valence-corrected chi connectivity index (χ3v) is 1.93. The van der Waals surface area contributed by atoms with Gasteiger partial charge in [0, 0.05) is 0 Å². The molecule has 0 aromatic rings. The van der Waals surface area contributed by atoms with Gasteiger partial charge in [0.25, 0.3) is 0 Å². The second-order valence-corrected chi connectivity index (χ2v) is 4.15. The van der Waals surface area contributed by atoms with Crippen LogP contribution in [0.5, 0.6) is 0 Å². The number of carbonyl (C=O) groups is 2. The number of carbonyl (C=O) groups excluding carboxylic acids is 2. The third-order valence-electron chi connectivity index (χ3n) is 1.51. The van der Waals surface area contributed by atoms with Gasteiger partial charge in [0.05, 0.1) is 11.4 Å². The predicted molar refractivity (Wildman–Crippen MR) is 50.7 cm³/mol. The van der Waals surface area contributed by atoms with Gasteiger partial charge in [-0.15, -0.1) is 0 Å². The molecule has 76 valence electrons. The Hall–Kier alpha value is -0.420. The molecule has 1 N–H and O–H groups in total. The zero-order valence-corrected chi connectivity index (χ0v) is 9.42. The fourth-order valence-electron chi connectivity index (χ4n) is 0.759. The fraction of sp³-hybridized carbons (Fsp3) is 0.750. The van der Waals surface area contributed by atoms with Crippen molar-refractivity contribution in [3.63, 3.8) is 0 Å². The van der Waals surface area contributed by atoms with Crippen LogP contribution in [0.3, 0.4) is 0 Å². The standard InChI is InChI=1S/C8H13BrO4/c1-4-13-7(11)8(3,12)6(10)5(2)9/h5,12H,4H2,1-3H3. The molecule has 0 spiro atoms. The maximum absolute atomic E-state index is 11.3. The van der Waals surface area contributed by atoms with E-state index in [1.807, 2.05) is 0 Å². The summed E-state index contributed by atoms with van der Waals surface area (Å²) in [5.41, 5.74) is -2.06. The number of rotatable bonds is 4. The molecule has 5 heteroatoms. The molecule has 0 aromatic heterocycles. The number of esters is 1. The van der Waals surface area contributed by atoms with Gasteiger partial charge in [-0.2, -0.15) is 0 Å². The third kappa shape index (κ3) is 3.08. The van der Waals surface area contributed by atoms with E-state index in [1.54, 1.807) is 6.92 Å². The minimum absolute atomic E-state index is 0.138. The van der Waals surface area contributed by atoms with E-state index < -0.39 is 22.2 Å². The molecule has 0 rings (SSSR count). The average molecular weight is 253 g/mol. The van der Waals surface area contributed by atoms with E-state index in [1.165, 1.54) is 6.92 Å². The van der Waals surface area contributed by atoms with E-state index in [0.717, 1.165) is 6.92 Å². The van der Waals surface area contributed by atoms with Crippen LogP contribution in [0.1, 0.15) is 20.8 Å². The molecule has 0 aromatic carbocycles. The number of alkyl halides is 1. The van der Waals surface area contributed by atoms with E-state index in [9.17, 15) is 14.7 Å². The molecule has 0 saturated heterocycles. The lowest BCUT2D eigenvalue weighted by Gasteiger charge is -2.20. The summed E-state index contributed by atoms with van der Waals surface area (Å²) in [6.07, 6.45) is 0. The molecule has 2 atom stereocenters. The van der Waals surface area contributed by atoms with Crippen LogP contribution in [0.2, 0.25) is 0 Å². The van der Waals surface area contributed by atoms with Crippen LogP contribution in [0.15, 0.2) is 0 Å². The molecule has 0 saturated carbocycles. The van der Waals surface area contributed by atoms with E-state index in [0.29, 0.717) is 0 Å². The minimum atomic E-state index is -2.06. The first-order chi connectivity index (χ1) is 5.84. The Kier molecular flexibility index (Phi) is 4.56. The Morgan fingerprint density at radius 2 is 2.08 bits per heavy atom. The zero-order valence-electron chi connectivity index (χ0n) is 7.83. The summed E-state index contributed by atoms with van der Waals surface area (Å²) in [5, 5.41) is 9.50. The lowest BCUT2D eigenvalue weighted by Crippen LogP contribution is -2.47. The second kappa shape index (κ2) is 4.72. The van der Waals surface area contributed by atoms with Gasteiger partial charge in [0.1, 0.15) is 0 Å². The quantitative estimate of drug-likeness (QED) is 0.454. The van der Waals surface area contributed by atoms with Gasteiger partial charge in [-0.25, -0.2) is 4.79 Å². The number of Topliss-reactive ketones (excluding diaryl/α,β-unsaturated/α-hetero) is 1. The molecular weight excluding hydrogens is 240 g/mol. The van der Waals surface area contributed by atoms with Gasteiger partial charge in [-0.3, -0.25) is 4.79 Å². The lowest BCUT2D eigenvalue weighted by atomic mass is 9.99. The maximum Gasteiger partial charge on any atom is 0.345 e. The summed E-state index contributed by atoms with van der Waals surface area (Å²) in [4.78, 5) is 21.8. The summed E-state index contributed by atoms with van der Waals surface area (Å²) in [7, 11) is 0. The van der Waals surface area contributed by atoms with Crippen molar-refractivity contribution < 1.29 is 19.4 Å². The number of aliphatic hydroxyl groups is 1. The Labute approximate surface area is 85.4 Å². The van der Waals surface area contributed by atoms with Crippen LogP contribution in [0.4, 0.5) is 0 Å². The van der Waals surface area contributed by atoms with E-state index >= 15 is 0 Å². The highest BCUT2D eigenvalue weighted by Gasteiger charge is 2.41. The molecule has 13 heavy (non-hydrogen) atoms. The van der Waals surface area contributed by atoms with Gasteiger partial charge >= 0.3 is 5.97 Å². The smallest absolute Gasteiger partial charge is 0.345 e. The van der Waals surface area contributed by atoms with Crippen molar-refractivity contribution in [3.05, 3.63) is 0 Å². The summed E-state index contributed by atoms with van der Waals surface area (Å²) in [6, 6.07) is 0. The summed E-state index contributed by atoms with van der Waals surface area (Å²) in [6.45, 7) is 4.41. The number of halogens is 1. The summed E-state index contributed by atoms with van der Waals surface area (Å²) in [5.74, 6) is -1.52. The number of ketones is 1. The molecule has 0 aliphatic carbocycles. The van der Waals surface area contributed by atoms with Crippen LogP contribution < -0.4 is 0 Å². The lowest BCUT2D eigenvalue weighted by molar-refractivity contribution is -0.167. The Balaban J connectivity index is 4.55. The molecule has 0 amide bonds. The second-order valence-electron chi connectivity index (χ2n) is 2.77. The highest BCUT2D eigenvalue weighted by atomic mass is 79.9. The molecule has 0 aliphatic rings. The SMILES string of the molecule is CCOC(=O)C(C)(O)C(=O)C(C)Br. The van der Waals surface area contributed by atoms with Crippen molar-refractivity contribution in [2.75, 3.05) is 6.61 Å². The topological polar surface area (TPSA) is 63.6 Å². The van der Waals surface area contributed by atoms with Crippen molar-refractivity contribution in [2.45, 2.75) is 31.2 Å². The highest BCUT2D eigenvalue weighted by Crippen LogP contribution is 2.14.